The molecule has 0 saturated carbocycles. The third kappa shape index (κ3) is 1.22. The smallest absolute Gasteiger partial charge is 0.0960 e. The topological polar surface area (TPSA) is 34.4 Å². The number of fused-ring (bicyclic) bond motifs is 3. The Morgan fingerprint density at radius 3 is 3.31 bits per heavy atom. The number of aromatic nitrogens is 1. The first-order valence-corrected chi connectivity index (χ1v) is 5.39. The molecule has 1 atom stereocenters. The van der Waals surface area contributed by atoms with E-state index in [9.17, 15) is 5.11 Å². The van der Waals surface area contributed by atoms with Gasteiger partial charge in [-0.1, -0.05) is 18.2 Å². The van der Waals surface area contributed by atoms with Crippen LogP contribution in [0.1, 0.15) is 27.9 Å². The van der Waals surface area contributed by atoms with Gasteiger partial charge in [-0.15, -0.1) is 0 Å². The van der Waals surface area contributed by atoms with Crippen LogP contribution < -0.4 is 0 Å². The summed E-state index contributed by atoms with van der Waals surface area (Å²) in [4.78, 5) is 0. The number of para-hydroxylation sites is 1. The summed E-state index contributed by atoms with van der Waals surface area (Å²) < 4.78 is 28.4. The fourth-order valence-corrected chi connectivity index (χ4v) is 2.63. The molecule has 0 aliphatic carbocycles. The van der Waals surface area contributed by atoms with E-state index in [2.05, 4.69) is 4.57 Å². The van der Waals surface area contributed by atoms with E-state index in [4.69, 9.17) is 8.85 Å². The lowest BCUT2D eigenvalue weighted by molar-refractivity contribution is 0.164. The molecule has 84 valence electrons. The molecule has 0 amide bonds. The maximum absolute atomic E-state index is 10.1. The van der Waals surface area contributed by atoms with E-state index in [1.54, 1.807) is 0 Å². The monoisotopic (exact) mass is 220 g/mol. The number of nitrogens with zero attached hydrogens (tertiary/aromatic N) is 1. The van der Waals surface area contributed by atoms with Crippen LogP contribution in [0, 0.1) is 0 Å². The van der Waals surface area contributed by atoms with Crippen LogP contribution in [0.5, 0.6) is 0 Å². The Hall–Kier alpha value is -1.32. The number of hydrogen-bond acceptors (Lipinski definition) is 2. The molecule has 0 fully saturated rings. The molecule has 1 aliphatic rings. The number of aliphatic hydroxyl groups excluding tert-OH is 1. The summed E-state index contributed by atoms with van der Waals surface area (Å²) in [6.45, 7) is 0.751. The largest absolute Gasteiger partial charge is 0.387 e. The molecule has 3 heteroatoms. The summed E-state index contributed by atoms with van der Waals surface area (Å²) in [7, 11) is -2.42. The number of hydrogen-bond donors (Lipinski definition) is 1. The number of methoxy groups -OCH3 is 1. The molecule has 2 heterocycles. The van der Waals surface area contributed by atoms with Crippen LogP contribution >= 0.6 is 0 Å². The minimum atomic E-state index is -2.42. The van der Waals surface area contributed by atoms with Crippen LogP contribution in [0.25, 0.3) is 10.9 Å². The third-order valence-corrected chi connectivity index (χ3v) is 3.28. The molecule has 1 aromatic carbocycles. The van der Waals surface area contributed by atoms with Gasteiger partial charge >= 0.3 is 0 Å². The van der Waals surface area contributed by atoms with Gasteiger partial charge in [0.05, 0.1) is 22.5 Å². The highest BCUT2D eigenvalue weighted by molar-refractivity contribution is 5.86. The Labute approximate surface area is 98.5 Å². The van der Waals surface area contributed by atoms with E-state index in [-0.39, 0.29) is 6.61 Å². The van der Waals surface area contributed by atoms with Crippen molar-refractivity contribution < 1.29 is 14.0 Å². The fraction of sp³-hybridized carbons (Fsp3) is 0.385. The lowest BCUT2D eigenvalue weighted by atomic mass is 10.1. The van der Waals surface area contributed by atoms with Gasteiger partial charge in [0.2, 0.25) is 0 Å². The highest BCUT2D eigenvalue weighted by atomic mass is 16.5. The molecule has 1 N–H and O–H groups in total. The number of ether oxygens (including phenoxy) is 1. The SMILES string of the molecule is [2H]C([2H])([2H])OCc1c2n(c3ccccc13)CCC2O. The number of benzene rings is 1. The fourth-order valence-electron chi connectivity index (χ4n) is 2.63. The second-order valence-corrected chi connectivity index (χ2v) is 4.13. The van der Waals surface area contributed by atoms with Crippen molar-refractivity contribution in [2.24, 2.45) is 0 Å². The van der Waals surface area contributed by atoms with Crippen LogP contribution in [0.2, 0.25) is 0 Å². The first kappa shape index (κ1) is 7.09. The predicted octanol–water partition coefficient (Wildman–Crippen LogP) is 2.22. The van der Waals surface area contributed by atoms with Crippen LogP contribution in [0.3, 0.4) is 0 Å². The molecule has 3 rings (SSSR count). The van der Waals surface area contributed by atoms with Gasteiger partial charge in [0.15, 0.2) is 0 Å². The zero-order chi connectivity index (χ0) is 13.6. The van der Waals surface area contributed by atoms with Crippen LogP contribution in [-0.2, 0) is 17.9 Å². The normalized spacial score (nSPS) is 22.8. The molecular weight excluding hydrogens is 202 g/mol. The highest BCUT2D eigenvalue weighted by Gasteiger charge is 2.27. The molecule has 16 heavy (non-hydrogen) atoms. The Morgan fingerprint density at radius 2 is 2.44 bits per heavy atom. The van der Waals surface area contributed by atoms with E-state index >= 15 is 0 Å². The zero-order valence-electron chi connectivity index (χ0n) is 11.8. The van der Waals surface area contributed by atoms with Crippen molar-refractivity contribution >= 4 is 10.9 Å². The number of aryl methyl sites for hydroxylation is 1. The molecule has 0 spiro atoms. The van der Waals surface area contributed by atoms with E-state index in [1.165, 1.54) is 0 Å². The van der Waals surface area contributed by atoms with Crippen molar-refractivity contribution in [1.29, 1.82) is 0 Å². The molecule has 1 aliphatic heterocycles. The summed E-state index contributed by atoms with van der Waals surface area (Å²) in [6, 6.07) is 7.76. The third-order valence-electron chi connectivity index (χ3n) is 3.28. The summed E-state index contributed by atoms with van der Waals surface area (Å²) in [6.07, 6.45) is 0.128. The Balaban J connectivity index is 2.09. The average molecular weight is 220 g/mol. The summed E-state index contributed by atoms with van der Waals surface area (Å²) in [5.74, 6) is 0. The lowest BCUT2D eigenvalue weighted by Gasteiger charge is -2.05. The maximum Gasteiger partial charge on any atom is 0.0960 e. The minimum Gasteiger partial charge on any atom is -0.387 e. The molecule has 0 radical (unpaired) electrons. The molecular formula is C13H15NO2. The summed E-state index contributed by atoms with van der Waals surface area (Å²) in [5, 5.41) is 11.0. The molecule has 1 aromatic heterocycles. The molecule has 0 saturated heterocycles. The van der Waals surface area contributed by atoms with Crippen LogP contribution in [0.15, 0.2) is 24.3 Å². The summed E-state index contributed by atoms with van der Waals surface area (Å²) >= 11 is 0. The first-order chi connectivity index (χ1) is 8.97. The van der Waals surface area contributed by atoms with Crippen LogP contribution in [0.4, 0.5) is 0 Å². The van der Waals surface area contributed by atoms with Gasteiger partial charge < -0.3 is 14.4 Å². The number of rotatable bonds is 2. The standard InChI is InChI=1S/C13H15NO2/c1-16-8-10-9-4-2-3-5-11(9)14-7-6-12(15)13(10)14/h2-5,12,15H,6-8H2,1H3/i1D3. The van der Waals surface area contributed by atoms with Crippen molar-refractivity contribution in [1.82, 2.24) is 4.57 Å². The lowest BCUT2D eigenvalue weighted by Crippen LogP contribution is -1.98. The quantitative estimate of drug-likeness (QED) is 0.842. The van der Waals surface area contributed by atoms with E-state index in [0.29, 0.717) is 6.42 Å². The second kappa shape index (κ2) is 3.61. The van der Waals surface area contributed by atoms with Crippen molar-refractivity contribution in [3.8, 4) is 0 Å². The van der Waals surface area contributed by atoms with E-state index in [1.807, 2.05) is 24.3 Å². The van der Waals surface area contributed by atoms with Crippen molar-refractivity contribution in [2.45, 2.75) is 25.7 Å². The first-order valence-electron chi connectivity index (χ1n) is 6.89. The van der Waals surface area contributed by atoms with Gasteiger partial charge in [0.1, 0.15) is 0 Å². The van der Waals surface area contributed by atoms with Crippen molar-refractivity contribution in [3.63, 3.8) is 0 Å². The predicted molar refractivity (Wildman–Crippen MR) is 62.2 cm³/mol. The Bertz CT molecular complexity index is 618. The maximum atomic E-state index is 10.1. The van der Waals surface area contributed by atoms with Crippen molar-refractivity contribution in [3.05, 3.63) is 35.5 Å². The highest BCUT2D eigenvalue weighted by Crippen LogP contribution is 2.37. The Kier molecular flexibility index (Phi) is 1.60. The van der Waals surface area contributed by atoms with Gasteiger partial charge in [-0.3, -0.25) is 0 Å². The number of aliphatic hydroxyl groups is 1. The molecule has 0 bridgehead atoms. The van der Waals surface area contributed by atoms with Gasteiger partial charge in [-0.2, -0.15) is 0 Å². The van der Waals surface area contributed by atoms with E-state index < -0.39 is 13.1 Å². The summed E-state index contributed by atoms with van der Waals surface area (Å²) in [5.41, 5.74) is 2.61. The zero-order valence-corrected chi connectivity index (χ0v) is 8.81. The Morgan fingerprint density at radius 1 is 1.56 bits per heavy atom. The van der Waals surface area contributed by atoms with Gasteiger partial charge in [-0.25, -0.2) is 0 Å². The molecule has 1 unspecified atom stereocenters. The molecule has 2 aromatic rings. The molecule has 3 nitrogen and oxygen atoms in total. The van der Waals surface area contributed by atoms with Crippen LogP contribution in [-0.4, -0.2) is 16.7 Å². The second-order valence-electron chi connectivity index (χ2n) is 4.13. The average Bonchev–Trinajstić information content (AvgIpc) is 2.85. The van der Waals surface area contributed by atoms with Gasteiger partial charge in [0.25, 0.3) is 0 Å². The van der Waals surface area contributed by atoms with Crippen molar-refractivity contribution in [2.75, 3.05) is 7.04 Å². The van der Waals surface area contributed by atoms with Gasteiger partial charge in [-0.05, 0) is 12.5 Å². The minimum absolute atomic E-state index is 0.00356. The van der Waals surface area contributed by atoms with E-state index in [0.717, 1.165) is 28.7 Å². The van der Waals surface area contributed by atoms with Gasteiger partial charge in [0, 0.05) is 30.0 Å².